The second-order valence-electron chi connectivity index (χ2n) is 7.34. The van der Waals surface area contributed by atoms with Crippen LogP contribution in [0.1, 0.15) is 12.0 Å². The highest BCUT2D eigenvalue weighted by Crippen LogP contribution is 2.08. The first-order valence-corrected chi connectivity index (χ1v) is 10.0. The van der Waals surface area contributed by atoms with Crippen LogP contribution in [-0.4, -0.2) is 63.0 Å². The summed E-state index contributed by atoms with van der Waals surface area (Å²) in [6, 6.07) is 11.4. The molecular weight excluding hydrogens is 366 g/mol. The average Bonchev–Trinajstić information content (AvgIpc) is 2.78. The smallest absolute Gasteiger partial charge is 0.261 e. The summed E-state index contributed by atoms with van der Waals surface area (Å²) in [6.45, 7) is 4.59. The van der Waals surface area contributed by atoms with E-state index >= 15 is 0 Å². The third-order valence-corrected chi connectivity index (χ3v) is 5.49. The zero-order valence-electron chi connectivity index (χ0n) is 16.4. The minimum atomic E-state index is -0.0932. The van der Waals surface area contributed by atoms with Gasteiger partial charge < -0.3 is 4.90 Å². The number of piperazine rings is 1. The molecule has 1 amide bonds. The predicted molar refractivity (Wildman–Crippen MR) is 112 cm³/mol. The van der Waals surface area contributed by atoms with Crippen LogP contribution in [-0.2, 0) is 17.8 Å². The number of amides is 1. The molecule has 29 heavy (non-hydrogen) atoms. The van der Waals surface area contributed by atoms with Crippen molar-refractivity contribution < 1.29 is 4.79 Å². The SMILES string of the molecule is O=C(CCn1cnc2ccccc2c1=O)N1CCN(CCc2ccncc2)CC1. The van der Waals surface area contributed by atoms with Gasteiger partial charge in [0.05, 0.1) is 17.2 Å². The quantitative estimate of drug-likeness (QED) is 0.638. The van der Waals surface area contributed by atoms with E-state index in [0.717, 1.165) is 39.1 Å². The van der Waals surface area contributed by atoms with Crippen molar-refractivity contribution in [3.05, 3.63) is 71.0 Å². The van der Waals surface area contributed by atoms with E-state index in [1.807, 2.05) is 47.6 Å². The monoisotopic (exact) mass is 391 g/mol. The average molecular weight is 391 g/mol. The molecule has 7 nitrogen and oxygen atoms in total. The molecule has 1 saturated heterocycles. The maximum atomic E-state index is 12.6. The van der Waals surface area contributed by atoms with Gasteiger partial charge in [-0.05, 0) is 36.2 Å². The van der Waals surface area contributed by atoms with Crippen molar-refractivity contribution in [2.24, 2.45) is 0 Å². The van der Waals surface area contributed by atoms with Crippen LogP contribution in [0.25, 0.3) is 10.9 Å². The van der Waals surface area contributed by atoms with Crippen LogP contribution in [0, 0.1) is 0 Å². The predicted octanol–water partition coefficient (Wildman–Crippen LogP) is 1.57. The maximum absolute atomic E-state index is 12.6. The molecular formula is C22H25N5O2. The minimum Gasteiger partial charge on any atom is -0.340 e. The summed E-state index contributed by atoms with van der Waals surface area (Å²) in [5.41, 5.74) is 1.88. The molecule has 3 heterocycles. The zero-order valence-corrected chi connectivity index (χ0v) is 16.4. The van der Waals surface area contributed by atoms with Gasteiger partial charge in [-0.3, -0.25) is 24.0 Å². The van der Waals surface area contributed by atoms with E-state index in [1.165, 1.54) is 16.5 Å². The molecule has 0 saturated carbocycles. The van der Waals surface area contributed by atoms with Crippen molar-refractivity contribution in [2.45, 2.75) is 19.4 Å². The topological polar surface area (TPSA) is 71.3 Å². The van der Waals surface area contributed by atoms with Crippen molar-refractivity contribution in [3.63, 3.8) is 0 Å². The molecule has 0 aliphatic carbocycles. The van der Waals surface area contributed by atoms with Crippen LogP contribution in [0.3, 0.4) is 0 Å². The van der Waals surface area contributed by atoms with Crippen molar-refractivity contribution in [1.82, 2.24) is 24.3 Å². The summed E-state index contributed by atoms with van der Waals surface area (Å²) in [4.78, 5) is 37.8. The van der Waals surface area contributed by atoms with E-state index in [2.05, 4.69) is 14.9 Å². The highest BCUT2D eigenvalue weighted by atomic mass is 16.2. The third-order valence-electron chi connectivity index (χ3n) is 5.49. The Labute approximate surface area is 169 Å². The van der Waals surface area contributed by atoms with E-state index in [1.54, 1.807) is 6.07 Å². The molecule has 0 atom stereocenters. The number of carbonyl (C=O) groups is 1. The van der Waals surface area contributed by atoms with Crippen molar-refractivity contribution in [3.8, 4) is 0 Å². The van der Waals surface area contributed by atoms with E-state index in [-0.39, 0.29) is 11.5 Å². The number of benzene rings is 1. The van der Waals surface area contributed by atoms with Crippen LogP contribution in [0.5, 0.6) is 0 Å². The molecule has 0 radical (unpaired) electrons. The fraction of sp³-hybridized carbons (Fsp3) is 0.364. The Morgan fingerprint density at radius 2 is 1.72 bits per heavy atom. The number of nitrogens with zero attached hydrogens (tertiary/aromatic N) is 5. The van der Waals surface area contributed by atoms with Gasteiger partial charge in [0.1, 0.15) is 0 Å². The number of aromatic nitrogens is 3. The molecule has 2 aromatic heterocycles. The summed E-state index contributed by atoms with van der Waals surface area (Å²) in [5, 5.41) is 0.588. The lowest BCUT2D eigenvalue weighted by Gasteiger charge is -2.34. The van der Waals surface area contributed by atoms with Gasteiger partial charge in [-0.1, -0.05) is 12.1 Å². The van der Waals surface area contributed by atoms with E-state index in [9.17, 15) is 9.59 Å². The molecule has 150 valence electrons. The normalized spacial score (nSPS) is 15.0. The number of para-hydroxylation sites is 1. The second-order valence-corrected chi connectivity index (χ2v) is 7.34. The summed E-state index contributed by atoms with van der Waals surface area (Å²) in [6.07, 6.45) is 6.49. The Hall–Kier alpha value is -3.06. The molecule has 3 aromatic rings. The Morgan fingerprint density at radius 3 is 2.52 bits per heavy atom. The molecule has 1 aromatic carbocycles. The van der Waals surface area contributed by atoms with Gasteiger partial charge in [0.25, 0.3) is 5.56 Å². The minimum absolute atomic E-state index is 0.0932. The third kappa shape index (κ3) is 4.68. The Kier molecular flexibility index (Phi) is 5.95. The van der Waals surface area contributed by atoms with E-state index < -0.39 is 0 Å². The summed E-state index contributed by atoms with van der Waals surface area (Å²) in [5.74, 6) is 0.0962. The van der Waals surface area contributed by atoms with Crippen molar-refractivity contribution >= 4 is 16.8 Å². The summed E-state index contributed by atoms with van der Waals surface area (Å²) >= 11 is 0. The molecule has 0 spiro atoms. The lowest BCUT2D eigenvalue weighted by molar-refractivity contribution is -0.133. The van der Waals surface area contributed by atoms with Gasteiger partial charge in [-0.2, -0.15) is 0 Å². The van der Waals surface area contributed by atoms with Crippen LogP contribution >= 0.6 is 0 Å². The van der Waals surface area contributed by atoms with Crippen molar-refractivity contribution in [1.29, 1.82) is 0 Å². The fourth-order valence-corrected chi connectivity index (χ4v) is 3.70. The molecule has 1 aliphatic rings. The summed E-state index contributed by atoms with van der Waals surface area (Å²) < 4.78 is 1.53. The Morgan fingerprint density at radius 1 is 0.966 bits per heavy atom. The lowest BCUT2D eigenvalue weighted by atomic mass is 10.2. The van der Waals surface area contributed by atoms with E-state index in [4.69, 9.17) is 0 Å². The van der Waals surface area contributed by atoms with Gasteiger partial charge in [-0.15, -0.1) is 0 Å². The second kappa shape index (κ2) is 8.96. The van der Waals surface area contributed by atoms with Crippen LogP contribution in [0.4, 0.5) is 0 Å². The number of hydrogen-bond acceptors (Lipinski definition) is 5. The first-order chi connectivity index (χ1) is 14.2. The standard InChI is InChI=1S/C22H25N5O2/c28-21(8-12-27-17-24-20-4-2-1-3-19(20)22(27)29)26-15-13-25(14-16-26)11-7-18-5-9-23-10-6-18/h1-6,9-10,17H,7-8,11-16H2. The molecule has 7 heteroatoms. The van der Waals surface area contributed by atoms with Crippen LogP contribution in [0.2, 0.25) is 0 Å². The number of rotatable bonds is 6. The van der Waals surface area contributed by atoms with Gasteiger partial charge in [0.15, 0.2) is 0 Å². The Bertz CT molecular complexity index is 1030. The number of fused-ring (bicyclic) bond motifs is 1. The molecule has 1 fully saturated rings. The van der Waals surface area contributed by atoms with Crippen LogP contribution < -0.4 is 5.56 Å². The Balaban J connectivity index is 1.26. The highest BCUT2D eigenvalue weighted by molar-refractivity contribution is 5.77. The van der Waals surface area contributed by atoms with Gasteiger partial charge in [0, 0.05) is 58.1 Å². The van der Waals surface area contributed by atoms with Gasteiger partial charge in [-0.25, -0.2) is 4.98 Å². The first kappa shape index (κ1) is 19.3. The molecule has 0 unspecified atom stereocenters. The lowest BCUT2D eigenvalue weighted by Crippen LogP contribution is -2.49. The number of pyridine rings is 1. The number of carbonyl (C=O) groups excluding carboxylic acids is 1. The number of aryl methyl sites for hydroxylation is 1. The molecule has 4 rings (SSSR count). The van der Waals surface area contributed by atoms with Crippen molar-refractivity contribution in [2.75, 3.05) is 32.7 Å². The molecule has 0 bridgehead atoms. The maximum Gasteiger partial charge on any atom is 0.261 e. The number of hydrogen-bond donors (Lipinski definition) is 0. The largest absolute Gasteiger partial charge is 0.340 e. The van der Waals surface area contributed by atoms with Gasteiger partial charge in [0.2, 0.25) is 5.91 Å². The molecule has 0 N–H and O–H groups in total. The molecule has 1 aliphatic heterocycles. The fourth-order valence-electron chi connectivity index (χ4n) is 3.70. The van der Waals surface area contributed by atoms with Crippen LogP contribution in [0.15, 0.2) is 59.9 Å². The highest BCUT2D eigenvalue weighted by Gasteiger charge is 2.20. The summed E-state index contributed by atoms with van der Waals surface area (Å²) in [7, 11) is 0. The zero-order chi connectivity index (χ0) is 20.1. The van der Waals surface area contributed by atoms with Gasteiger partial charge >= 0.3 is 0 Å². The van der Waals surface area contributed by atoms with E-state index in [0.29, 0.717) is 23.9 Å². The first-order valence-electron chi connectivity index (χ1n) is 10.0.